The number of Topliss-reactive ketones (excluding diaryl/α,β-unsaturated/α-hetero) is 1. The second kappa shape index (κ2) is 4.07. The van der Waals surface area contributed by atoms with E-state index in [9.17, 15) is 9.59 Å². The highest BCUT2D eigenvalue weighted by atomic mass is 16.6. The topological polar surface area (TPSA) is 69.4 Å². The number of amides is 1. The average Bonchev–Trinajstić information content (AvgIpc) is 2.01. The Labute approximate surface area is 76.7 Å². The van der Waals surface area contributed by atoms with Crippen LogP contribution in [0.5, 0.6) is 0 Å². The van der Waals surface area contributed by atoms with Crippen LogP contribution in [0.25, 0.3) is 0 Å². The molecule has 1 rings (SSSR count). The van der Waals surface area contributed by atoms with E-state index in [2.05, 4.69) is 6.58 Å². The summed E-state index contributed by atoms with van der Waals surface area (Å²) in [7, 11) is 0. The molecule has 72 valence electrons. The molecule has 1 amide bonds. The Kier molecular flexibility index (Phi) is 3.06. The predicted octanol–water partition coefficient (Wildman–Crippen LogP) is 1.01. The van der Waals surface area contributed by atoms with E-state index < -0.39 is 6.09 Å². The molecule has 13 heavy (non-hydrogen) atoms. The molecule has 0 radical (unpaired) electrons. The van der Waals surface area contributed by atoms with Crippen LogP contribution in [0.3, 0.4) is 0 Å². The molecule has 0 heterocycles. The third-order valence-electron chi connectivity index (χ3n) is 2.13. The van der Waals surface area contributed by atoms with Gasteiger partial charge in [-0.15, -0.1) is 6.58 Å². The Bertz CT molecular complexity index is 235. The van der Waals surface area contributed by atoms with Crippen LogP contribution in [0.15, 0.2) is 12.7 Å². The quantitative estimate of drug-likeness (QED) is 0.649. The van der Waals surface area contributed by atoms with Crippen molar-refractivity contribution in [1.29, 1.82) is 0 Å². The molecule has 2 N–H and O–H groups in total. The van der Waals surface area contributed by atoms with Gasteiger partial charge >= 0.3 is 6.09 Å². The van der Waals surface area contributed by atoms with E-state index >= 15 is 0 Å². The van der Waals surface area contributed by atoms with Gasteiger partial charge in [0, 0.05) is 12.8 Å². The van der Waals surface area contributed by atoms with Crippen molar-refractivity contribution >= 4 is 11.9 Å². The number of carbonyl (C=O) groups is 2. The highest BCUT2D eigenvalue weighted by molar-refractivity contribution is 5.80. The Hall–Kier alpha value is -1.32. The largest absolute Gasteiger partial charge is 0.446 e. The standard InChI is InChI=1S/C9H13NO3/c1-2-6-3-7(11)5-8(4-6)13-9(10)12/h2,6,8H,1,3-5H2,(H2,10,12). The first-order valence-electron chi connectivity index (χ1n) is 4.22. The van der Waals surface area contributed by atoms with Crippen LogP contribution in [0.4, 0.5) is 4.79 Å². The van der Waals surface area contributed by atoms with Crippen LogP contribution in [0, 0.1) is 5.92 Å². The van der Waals surface area contributed by atoms with Crippen LogP contribution in [-0.2, 0) is 9.53 Å². The molecule has 0 aromatic rings. The molecule has 2 atom stereocenters. The van der Waals surface area contributed by atoms with Crippen molar-refractivity contribution in [2.24, 2.45) is 11.7 Å². The maximum absolute atomic E-state index is 11.1. The first kappa shape index (κ1) is 9.77. The second-order valence-electron chi connectivity index (χ2n) is 3.24. The minimum absolute atomic E-state index is 0.0994. The molecule has 1 aliphatic carbocycles. The highest BCUT2D eigenvalue weighted by Crippen LogP contribution is 2.24. The first-order valence-corrected chi connectivity index (χ1v) is 4.22. The normalized spacial score (nSPS) is 28.2. The number of nitrogens with two attached hydrogens (primary N) is 1. The van der Waals surface area contributed by atoms with E-state index in [4.69, 9.17) is 10.5 Å². The van der Waals surface area contributed by atoms with Crippen molar-refractivity contribution < 1.29 is 14.3 Å². The maximum Gasteiger partial charge on any atom is 0.404 e. The summed E-state index contributed by atoms with van der Waals surface area (Å²) in [4.78, 5) is 21.6. The number of carbonyl (C=O) groups excluding carboxylic acids is 2. The predicted molar refractivity (Wildman–Crippen MR) is 47.0 cm³/mol. The van der Waals surface area contributed by atoms with Gasteiger partial charge in [-0.05, 0) is 12.3 Å². The number of hydrogen-bond acceptors (Lipinski definition) is 3. The van der Waals surface area contributed by atoms with E-state index in [1.807, 2.05) is 0 Å². The molecule has 0 aromatic heterocycles. The lowest BCUT2D eigenvalue weighted by molar-refractivity contribution is -0.124. The van der Waals surface area contributed by atoms with Gasteiger partial charge in [0.1, 0.15) is 11.9 Å². The molecular weight excluding hydrogens is 170 g/mol. The number of ketones is 1. The van der Waals surface area contributed by atoms with Gasteiger partial charge in [0.15, 0.2) is 0 Å². The van der Waals surface area contributed by atoms with Crippen LogP contribution in [0.2, 0.25) is 0 Å². The molecule has 4 heteroatoms. The summed E-state index contributed by atoms with van der Waals surface area (Å²) in [5.74, 6) is 0.216. The van der Waals surface area contributed by atoms with Crippen molar-refractivity contribution in [2.75, 3.05) is 0 Å². The summed E-state index contributed by atoms with van der Waals surface area (Å²) < 4.78 is 4.76. The van der Waals surface area contributed by atoms with Crippen LogP contribution >= 0.6 is 0 Å². The van der Waals surface area contributed by atoms with Crippen LogP contribution < -0.4 is 5.73 Å². The van der Waals surface area contributed by atoms with Gasteiger partial charge in [-0.3, -0.25) is 4.79 Å². The second-order valence-corrected chi connectivity index (χ2v) is 3.24. The Morgan fingerprint density at radius 1 is 1.62 bits per heavy atom. The number of hydrogen-bond donors (Lipinski definition) is 1. The van der Waals surface area contributed by atoms with Crippen molar-refractivity contribution in [3.8, 4) is 0 Å². The fraction of sp³-hybridized carbons (Fsp3) is 0.556. The molecule has 4 nitrogen and oxygen atoms in total. The molecule has 1 fully saturated rings. The fourth-order valence-electron chi connectivity index (χ4n) is 1.57. The van der Waals surface area contributed by atoms with Gasteiger partial charge < -0.3 is 10.5 Å². The summed E-state index contributed by atoms with van der Waals surface area (Å²) in [6.07, 6.45) is 1.98. The summed E-state index contributed by atoms with van der Waals surface area (Å²) in [5, 5.41) is 0. The SMILES string of the molecule is C=CC1CC(=O)CC(OC(N)=O)C1. The molecule has 1 aliphatic rings. The maximum atomic E-state index is 11.1. The third kappa shape index (κ3) is 2.89. The highest BCUT2D eigenvalue weighted by Gasteiger charge is 2.27. The summed E-state index contributed by atoms with van der Waals surface area (Å²) >= 11 is 0. The summed E-state index contributed by atoms with van der Waals surface area (Å²) in [6.45, 7) is 3.61. The molecular formula is C9H13NO3. The van der Waals surface area contributed by atoms with Crippen LogP contribution in [-0.4, -0.2) is 18.0 Å². The van der Waals surface area contributed by atoms with Crippen molar-refractivity contribution in [2.45, 2.75) is 25.4 Å². The zero-order chi connectivity index (χ0) is 9.84. The Morgan fingerprint density at radius 3 is 2.85 bits per heavy atom. The minimum atomic E-state index is -0.817. The Morgan fingerprint density at radius 2 is 2.31 bits per heavy atom. The Balaban J connectivity index is 2.51. The van der Waals surface area contributed by atoms with Crippen molar-refractivity contribution in [1.82, 2.24) is 0 Å². The van der Waals surface area contributed by atoms with E-state index in [0.29, 0.717) is 12.8 Å². The third-order valence-corrected chi connectivity index (χ3v) is 2.13. The molecule has 1 saturated carbocycles. The lowest BCUT2D eigenvalue weighted by Crippen LogP contribution is -2.31. The number of allylic oxidation sites excluding steroid dienone is 1. The monoisotopic (exact) mass is 183 g/mol. The van der Waals surface area contributed by atoms with Gasteiger partial charge in [0.05, 0.1) is 0 Å². The molecule has 0 saturated heterocycles. The molecule has 0 aromatic carbocycles. The minimum Gasteiger partial charge on any atom is -0.446 e. The van der Waals surface area contributed by atoms with E-state index in [0.717, 1.165) is 0 Å². The van der Waals surface area contributed by atoms with Crippen molar-refractivity contribution in [3.63, 3.8) is 0 Å². The van der Waals surface area contributed by atoms with Crippen molar-refractivity contribution in [3.05, 3.63) is 12.7 Å². The van der Waals surface area contributed by atoms with Gasteiger partial charge in [-0.1, -0.05) is 6.08 Å². The summed E-state index contributed by atoms with van der Waals surface area (Å²) in [6, 6.07) is 0. The molecule has 0 aliphatic heterocycles. The summed E-state index contributed by atoms with van der Waals surface area (Å²) in [5.41, 5.74) is 4.86. The first-order chi connectivity index (χ1) is 6.11. The lowest BCUT2D eigenvalue weighted by Gasteiger charge is -2.25. The van der Waals surface area contributed by atoms with Gasteiger partial charge in [0.2, 0.25) is 0 Å². The van der Waals surface area contributed by atoms with E-state index in [1.165, 1.54) is 0 Å². The van der Waals surface area contributed by atoms with E-state index in [-0.39, 0.29) is 24.2 Å². The molecule has 0 spiro atoms. The van der Waals surface area contributed by atoms with Crippen LogP contribution in [0.1, 0.15) is 19.3 Å². The van der Waals surface area contributed by atoms with Gasteiger partial charge in [0.25, 0.3) is 0 Å². The van der Waals surface area contributed by atoms with E-state index in [1.54, 1.807) is 6.08 Å². The zero-order valence-corrected chi connectivity index (χ0v) is 7.36. The van der Waals surface area contributed by atoms with Gasteiger partial charge in [-0.2, -0.15) is 0 Å². The number of rotatable bonds is 2. The average molecular weight is 183 g/mol. The smallest absolute Gasteiger partial charge is 0.404 e. The fourth-order valence-corrected chi connectivity index (χ4v) is 1.57. The molecule has 0 bridgehead atoms. The van der Waals surface area contributed by atoms with Gasteiger partial charge in [-0.25, -0.2) is 4.79 Å². The zero-order valence-electron chi connectivity index (χ0n) is 7.36. The number of primary amides is 1. The molecule has 2 unspecified atom stereocenters. The number of ether oxygens (including phenoxy) is 1. The lowest BCUT2D eigenvalue weighted by atomic mass is 9.86.